The van der Waals surface area contributed by atoms with Crippen molar-refractivity contribution in [2.45, 2.75) is 26.8 Å². The predicted octanol–water partition coefficient (Wildman–Crippen LogP) is 2.35. The third-order valence-corrected chi connectivity index (χ3v) is 8.37. The van der Waals surface area contributed by atoms with Crippen molar-refractivity contribution in [1.29, 1.82) is 0 Å². The number of aromatic nitrogens is 1. The average molecular weight is 560 g/mol. The number of hydrogen-bond donors (Lipinski definition) is 0. The lowest BCUT2D eigenvalue weighted by Crippen LogP contribution is -2.36. The van der Waals surface area contributed by atoms with Crippen LogP contribution >= 0.6 is 11.3 Å². The first-order chi connectivity index (χ1) is 18.2. The highest BCUT2D eigenvalue weighted by Gasteiger charge is 2.29. The van der Waals surface area contributed by atoms with Crippen molar-refractivity contribution in [1.82, 2.24) is 4.57 Å². The van der Waals surface area contributed by atoms with Gasteiger partial charge in [-0.1, -0.05) is 29.5 Å². The number of sulfone groups is 1. The van der Waals surface area contributed by atoms with Crippen LogP contribution in [0.25, 0.3) is 10.2 Å². The second kappa shape index (κ2) is 12.0. The van der Waals surface area contributed by atoms with Gasteiger partial charge in [0.2, 0.25) is 5.91 Å². The molecular formula is C26H29N3O7S2. The van der Waals surface area contributed by atoms with Crippen LogP contribution in [0.3, 0.4) is 0 Å². The largest absolute Gasteiger partial charge is 0.462 e. The lowest BCUT2D eigenvalue weighted by Gasteiger charge is -2.17. The Labute approximate surface area is 224 Å². The Morgan fingerprint density at radius 1 is 1.05 bits per heavy atom. The van der Waals surface area contributed by atoms with Crippen LogP contribution in [-0.4, -0.2) is 68.6 Å². The van der Waals surface area contributed by atoms with Gasteiger partial charge in [0.1, 0.15) is 11.5 Å². The zero-order chi connectivity index (χ0) is 27.3. The minimum Gasteiger partial charge on any atom is -0.462 e. The van der Waals surface area contributed by atoms with Gasteiger partial charge in [-0.05, 0) is 50.1 Å². The molecule has 1 aliphatic heterocycles. The molecular weight excluding hydrogens is 530 g/mol. The standard InChI is InChI=1S/C26H29N3O7S2/c1-3-35-14-13-29-21-10-9-19(25(32)36-4-2)15-22(21)37-26(29)27-23(30)16-38(33,34)17-24(31)28-12-11-18-7-5-6-8-20(18)28/h5-10,15H,3-4,11-14,16-17H2,1-2H3. The van der Waals surface area contributed by atoms with E-state index in [0.29, 0.717) is 48.7 Å². The van der Waals surface area contributed by atoms with Crippen LogP contribution < -0.4 is 9.70 Å². The molecule has 0 spiro atoms. The minimum atomic E-state index is -4.05. The summed E-state index contributed by atoms with van der Waals surface area (Å²) in [5.74, 6) is -3.57. The number of para-hydroxylation sites is 1. The summed E-state index contributed by atoms with van der Waals surface area (Å²) in [7, 11) is -4.05. The summed E-state index contributed by atoms with van der Waals surface area (Å²) in [6.07, 6.45) is 0.655. The van der Waals surface area contributed by atoms with Crippen molar-refractivity contribution in [2.75, 3.05) is 42.8 Å². The highest BCUT2D eigenvalue weighted by atomic mass is 32.2. The number of rotatable bonds is 10. The van der Waals surface area contributed by atoms with Crippen LogP contribution in [0.4, 0.5) is 5.69 Å². The molecule has 0 fully saturated rings. The molecule has 0 radical (unpaired) electrons. The van der Waals surface area contributed by atoms with Gasteiger partial charge in [0, 0.05) is 25.4 Å². The van der Waals surface area contributed by atoms with E-state index in [4.69, 9.17) is 9.47 Å². The van der Waals surface area contributed by atoms with Gasteiger partial charge in [0.15, 0.2) is 14.6 Å². The van der Waals surface area contributed by atoms with Crippen LogP contribution in [-0.2, 0) is 41.9 Å². The summed E-state index contributed by atoms with van der Waals surface area (Å²) in [4.78, 5) is 43.5. The first kappa shape index (κ1) is 27.7. The molecule has 0 N–H and O–H groups in total. The second-order valence-corrected chi connectivity index (χ2v) is 11.7. The zero-order valence-electron chi connectivity index (χ0n) is 21.2. The number of amides is 2. The maximum atomic E-state index is 12.8. The molecule has 2 aromatic carbocycles. The number of benzene rings is 2. The van der Waals surface area contributed by atoms with E-state index < -0.39 is 39.1 Å². The third-order valence-electron chi connectivity index (χ3n) is 5.95. The highest BCUT2D eigenvalue weighted by molar-refractivity contribution is 7.92. The Hall–Kier alpha value is -3.35. The summed E-state index contributed by atoms with van der Waals surface area (Å²) in [5, 5.41) is 0. The first-order valence-electron chi connectivity index (χ1n) is 12.3. The van der Waals surface area contributed by atoms with Crippen LogP contribution in [0.1, 0.15) is 29.8 Å². The van der Waals surface area contributed by atoms with Crippen molar-refractivity contribution in [3.05, 3.63) is 58.4 Å². The minimum absolute atomic E-state index is 0.242. The van der Waals surface area contributed by atoms with Gasteiger partial charge < -0.3 is 18.9 Å². The molecule has 12 heteroatoms. The molecule has 38 heavy (non-hydrogen) atoms. The van der Waals surface area contributed by atoms with Gasteiger partial charge in [0.05, 0.1) is 29.0 Å². The first-order valence-corrected chi connectivity index (χ1v) is 14.9. The fraction of sp³-hybridized carbons (Fsp3) is 0.385. The van der Waals surface area contributed by atoms with Gasteiger partial charge in [-0.15, -0.1) is 0 Å². The summed E-state index contributed by atoms with van der Waals surface area (Å²) in [6.45, 7) is 5.47. The number of hydrogen-bond acceptors (Lipinski definition) is 8. The third kappa shape index (κ3) is 6.37. The fourth-order valence-corrected chi connectivity index (χ4v) is 6.45. The van der Waals surface area contributed by atoms with E-state index in [0.717, 1.165) is 22.4 Å². The zero-order valence-corrected chi connectivity index (χ0v) is 22.8. The molecule has 2 amide bonds. The number of anilines is 1. The van der Waals surface area contributed by atoms with Crippen molar-refractivity contribution in [3.63, 3.8) is 0 Å². The summed E-state index contributed by atoms with van der Waals surface area (Å²) >= 11 is 1.15. The van der Waals surface area contributed by atoms with Gasteiger partial charge in [-0.25, -0.2) is 13.2 Å². The smallest absolute Gasteiger partial charge is 0.338 e. The molecule has 0 saturated carbocycles. The van der Waals surface area contributed by atoms with E-state index in [9.17, 15) is 22.8 Å². The molecule has 0 aliphatic carbocycles. The van der Waals surface area contributed by atoms with E-state index in [-0.39, 0.29) is 11.4 Å². The molecule has 3 aromatic rings. The molecule has 0 saturated heterocycles. The van der Waals surface area contributed by atoms with Crippen molar-refractivity contribution in [2.24, 2.45) is 4.99 Å². The lowest BCUT2D eigenvalue weighted by atomic mass is 10.2. The number of carbonyl (C=O) groups excluding carboxylic acids is 3. The summed E-state index contributed by atoms with van der Waals surface area (Å²) in [5.41, 5.74) is 2.77. The van der Waals surface area contributed by atoms with Crippen LogP contribution in [0.2, 0.25) is 0 Å². The highest BCUT2D eigenvalue weighted by Crippen LogP contribution is 2.27. The van der Waals surface area contributed by atoms with Crippen LogP contribution in [0.15, 0.2) is 47.5 Å². The monoisotopic (exact) mass is 559 g/mol. The number of carbonyl (C=O) groups is 3. The average Bonchev–Trinajstić information content (AvgIpc) is 3.44. The molecule has 2 heterocycles. The number of esters is 1. The molecule has 0 bridgehead atoms. The normalized spacial score (nSPS) is 13.6. The Kier molecular flexibility index (Phi) is 8.75. The molecule has 4 rings (SSSR count). The van der Waals surface area contributed by atoms with Gasteiger partial charge in [-0.3, -0.25) is 9.59 Å². The number of fused-ring (bicyclic) bond motifs is 2. The van der Waals surface area contributed by atoms with Crippen molar-refractivity contribution in [3.8, 4) is 0 Å². The van der Waals surface area contributed by atoms with E-state index in [1.165, 1.54) is 4.90 Å². The topological polar surface area (TPSA) is 124 Å². The van der Waals surface area contributed by atoms with Gasteiger partial charge in [0.25, 0.3) is 5.91 Å². The lowest BCUT2D eigenvalue weighted by molar-refractivity contribution is -0.116. The Morgan fingerprint density at radius 3 is 2.61 bits per heavy atom. The quantitative estimate of drug-likeness (QED) is 0.276. The summed E-state index contributed by atoms with van der Waals surface area (Å²) < 4.78 is 38.5. The molecule has 1 aromatic heterocycles. The van der Waals surface area contributed by atoms with Gasteiger partial charge in [-0.2, -0.15) is 4.99 Å². The Balaban J connectivity index is 1.55. The Morgan fingerprint density at radius 2 is 1.84 bits per heavy atom. The summed E-state index contributed by atoms with van der Waals surface area (Å²) in [6, 6.07) is 12.4. The fourth-order valence-electron chi connectivity index (χ4n) is 4.26. The van der Waals surface area contributed by atoms with E-state index >= 15 is 0 Å². The maximum Gasteiger partial charge on any atom is 0.338 e. The van der Waals surface area contributed by atoms with Gasteiger partial charge >= 0.3 is 5.97 Å². The number of ether oxygens (including phenoxy) is 2. The Bertz CT molecular complexity index is 1540. The molecule has 1 aliphatic rings. The molecule has 202 valence electrons. The van der Waals surface area contributed by atoms with Crippen LogP contribution in [0, 0.1) is 0 Å². The molecule has 10 nitrogen and oxygen atoms in total. The second-order valence-electron chi connectivity index (χ2n) is 8.60. The number of thiazole rings is 1. The SMILES string of the molecule is CCOCCn1c(=NC(=O)CS(=O)(=O)CC(=O)N2CCc3ccccc32)sc2cc(C(=O)OCC)ccc21. The van der Waals surface area contributed by atoms with Crippen molar-refractivity contribution < 1.29 is 32.3 Å². The van der Waals surface area contributed by atoms with Crippen LogP contribution in [0.5, 0.6) is 0 Å². The predicted molar refractivity (Wildman–Crippen MR) is 144 cm³/mol. The molecule has 0 atom stereocenters. The van der Waals surface area contributed by atoms with E-state index in [1.807, 2.05) is 19.1 Å². The number of nitrogens with zero attached hydrogens (tertiary/aromatic N) is 3. The van der Waals surface area contributed by atoms with E-state index in [2.05, 4.69) is 4.99 Å². The maximum absolute atomic E-state index is 12.8. The van der Waals surface area contributed by atoms with E-state index in [1.54, 1.807) is 41.8 Å². The van der Waals surface area contributed by atoms with Crippen molar-refractivity contribution >= 4 is 54.9 Å². The molecule has 0 unspecified atom stereocenters.